The maximum atomic E-state index is 5.69. The number of rotatable bonds is 1. The Balaban J connectivity index is 2.33. The molecule has 1 aromatic rings. The van der Waals surface area contributed by atoms with Gasteiger partial charge in [-0.15, -0.1) is 0 Å². The Bertz CT molecular complexity index is 306. The van der Waals surface area contributed by atoms with Gasteiger partial charge in [0.1, 0.15) is 12.4 Å². The fourth-order valence-corrected chi connectivity index (χ4v) is 1.48. The summed E-state index contributed by atoms with van der Waals surface area (Å²) in [4.78, 5) is 0. The summed E-state index contributed by atoms with van der Waals surface area (Å²) < 4.78 is 10.7. The van der Waals surface area contributed by atoms with Crippen LogP contribution in [0.5, 0.6) is 0 Å². The molecule has 0 amide bonds. The summed E-state index contributed by atoms with van der Waals surface area (Å²) in [5, 5.41) is 0. The number of benzene rings is 1. The van der Waals surface area contributed by atoms with Crippen molar-refractivity contribution in [2.24, 2.45) is 0 Å². The van der Waals surface area contributed by atoms with Crippen molar-refractivity contribution in [3.05, 3.63) is 29.8 Å². The molecule has 0 saturated carbocycles. The smallest absolute Gasteiger partial charge is 0.148 e. The van der Waals surface area contributed by atoms with Gasteiger partial charge in [-0.25, -0.2) is 0 Å². The molecule has 2 rings (SSSR count). The molecule has 0 aliphatic carbocycles. The average molecular weight is 179 g/mol. The zero-order valence-corrected chi connectivity index (χ0v) is 7.62. The van der Waals surface area contributed by atoms with Gasteiger partial charge in [-0.05, 0) is 24.6 Å². The van der Waals surface area contributed by atoms with Crippen molar-refractivity contribution in [1.82, 2.24) is 0 Å². The molecular weight excluding hydrogens is 166 g/mol. The van der Waals surface area contributed by atoms with E-state index in [4.69, 9.17) is 15.2 Å². The van der Waals surface area contributed by atoms with Crippen LogP contribution in [0.3, 0.4) is 0 Å². The number of ether oxygens (including phenoxy) is 2. The molecule has 0 bridgehead atoms. The van der Waals surface area contributed by atoms with Crippen molar-refractivity contribution >= 4 is 5.69 Å². The highest BCUT2D eigenvalue weighted by atomic mass is 16.7. The van der Waals surface area contributed by atoms with Gasteiger partial charge in [0.2, 0.25) is 0 Å². The van der Waals surface area contributed by atoms with E-state index in [0.29, 0.717) is 13.4 Å². The van der Waals surface area contributed by atoms with Crippen LogP contribution in [0.15, 0.2) is 24.3 Å². The van der Waals surface area contributed by atoms with Gasteiger partial charge >= 0.3 is 0 Å². The third-order valence-electron chi connectivity index (χ3n) is 2.34. The summed E-state index contributed by atoms with van der Waals surface area (Å²) in [5.74, 6) is 0. The monoisotopic (exact) mass is 179 g/mol. The first-order chi connectivity index (χ1) is 6.21. The van der Waals surface area contributed by atoms with Crippen molar-refractivity contribution < 1.29 is 9.47 Å². The van der Waals surface area contributed by atoms with Crippen molar-refractivity contribution in [2.75, 3.05) is 19.1 Å². The molecule has 1 aliphatic rings. The van der Waals surface area contributed by atoms with Crippen molar-refractivity contribution in [1.29, 1.82) is 0 Å². The van der Waals surface area contributed by atoms with Gasteiger partial charge in [0.25, 0.3) is 0 Å². The van der Waals surface area contributed by atoms with E-state index < -0.39 is 0 Å². The van der Waals surface area contributed by atoms with Gasteiger partial charge in [0.05, 0.1) is 6.61 Å². The molecule has 1 fully saturated rings. The third-order valence-corrected chi connectivity index (χ3v) is 2.34. The Hall–Kier alpha value is -1.06. The Morgan fingerprint density at radius 2 is 2.31 bits per heavy atom. The summed E-state index contributed by atoms with van der Waals surface area (Å²) in [7, 11) is 0. The topological polar surface area (TPSA) is 44.5 Å². The van der Waals surface area contributed by atoms with E-state index in [1.54, 1.807) is 0 Å². The second kappa shape index (κ2) is 3.01. The number of nitrogens with two attached hydrogens (primary N) is 1. The number of nitrogen functional groups attached to an aromatic ring is 1. The van der Waals surface area contributed by atoms with Crippen molar-refractivity contribution in [3.8, 4) is 0 Å². The first-order valence-corrected chi connectivity index (χ1v) is 4.28. The van der Waals surface area contributed by atoms with Crippen LogP contribution in [0.2, 0.25) is 0 Å². The minimum absolute atomic E-state index is 0.324. The lowest BCUT2D eigenvalue weighted by molar-refractivity contribution is -0.000411. The molecule has 1 heterocycles. The van der Waals surface area contributed by atoms with Crippen LogP contribution in [0.4, 0.5) is 5.69 Å². The van der Waals surface area contributed by atoms with Crippen LogP contribution in [-0.4, -0.2) is 13.4 Å². The number of hydrogen-bond acceptors (Lipinski definition) is 3. The largest absolute Gasteiger partial charge is 0.399 e. The maximum absolute atomic E-state index is 5.69. The summed E-state index contributed by atoms with van der Waals surface area (Å²) in [6, 6.07) is 7.72. The molecule has 1 aromatic carbocycles. The minimum atomic E-state index is -0.324. The number of hydrogen-bond donors (Lipinski definition) is 1. The van der Waals surface area contributed by atoms with Gasteiger partial charge in [0, 0.05) is 5.69 Å². The van der Waals surface area contributed by atoms with E-state index in [1.165, 1.54) is 0 Å². The molecule has 1 aliphatic heterocycles. The van der Waals surface area contributed by atoms with Crippen molar-refractivity contribution in [2.45, 2.75) is 12.5 Å². The Morgan fingerprint density at radius 3 is 2.92 bits per heavy atom. The highest BCUT2D eigenvalue weighted by molar-refractivity contribution is 5.42. The minimum Gasteiger partial charge on any atom is -0.399 e. The van der Waals surface area contributed by atoms with E-state index in [0.717, 1.165) is 11.3 Å². The molecule has 1 saturated heterocycles. The summed E-state index contributed by atoms with van der Waals surface area (Å²) >= 11 is 0. The zero-order chi connectivity index (χ0) is 9.31. The molecule has 0 aromatic heterocycles. The van der Waals surface area contributed by atoms with Crippen LogP contribution < -0.4 is 5.73 Å². The molecule has 13 heavy (non-hydrogen) atoms. The fourth-order valence-electron chi connectivity index (χ4n) is 1.48. The lowest BCUT2D eigenvalue weighted by Gasteiger charge is -2.21. The highest BCUT2D eigenvalue weighted by Gasteiger charge is 2.32. The zero-order valence-electron chi connectivity index (χ0n) is 7.62. The molecular formula is C10H13NO2. The predicted molar refractivity (Wildman–Crippen MR) is 50.1 cm³/mol. The van der Waals surface area contributed by atoms with Gasteiger partial charge in [-0.1, -0.05) is 12.1 Å². The summed E-state index contributed by atoms with van der Waals surface area (Å²) in [5.41, 5.74) is 7.20. The molecule has 3 heteroatoms. The lowest BCUT2D eigenvalue weighted by atomic mass is 9.97. The van der Waals surface area contributed by atoms with Crippen LogP contribution >= 0.6 is 0 Å². The van der Waals surface area contributed by atoms with Gasteiger partial charge < -0.3 is 15.2 Å². The number of anilines is 1. The third kappa shape index (κ3) is 1.53. The van der Waals surface area contributed by atoms with Gasteiger partial charge in [-0.3, -0.25) is 0 Å². The van der Waals surface area contributed by atoms with Crippen molar-refractivity contribution in [3.63, 3.8) is 0 Å². The molecule has 0 spiro atoms. The molecule has 70 valence electrons. The molecule has 0 radical (unpaired) electrons. The SMILES string of the molecule is CC1(c2cccc(N)c2)COCO1. The molecule has 1 atom stereocenters. The Labute approximate surface area is 77.5 Å². The normalized spacial score (nSPS) is 27.8. The van der Waals surface area contributed by atoms with E-state index in [-0.39, 0.29) is 5.60 Å². The first-order valence-electron chi connectivity index (χ1n) is 4.28. The molecule has 2 N–H and O–H groups in total. The predicted octanol–water partition coefficient (Wildman–Crippen LogP) is 1.49. The fraction of sp³-hybridized carbons (Fsp3) is 0.400. The van der Waals surface area contributed by atoms with E-state index in [9.17, 15) is 0 Å². The van der Waals surface area contributed by atoms with E-state index >= 15 is 0 Å². The second-order valence-corrected chi connectivity index (χ2v) is 3.47. The van der Waals surface area contributed by atoms with E-state index in [2.05, 4.69) is 0 Å². The first kappa shape index (κ1) is 8.53. The van der Waals surface area contributed by atoms with Crippen LogP contribution in [-0.2, 0) is 15.1 Å². The summed E-state index contributed by atoms with van der Waals surface area (Å²) in [6.07, 6.45) is 0. The highest BCUT2D eigenvalue weighted by Crippen LogP contribution is 2.30. The van der Waals surface area contributed by atoms with Gasteiger partial charge in [0.15, 0.2) is 0 Å². The molecule has 3 nitrogen and oxygen atoms in total. The maximum Gasteiger partial charge on any atom is 0.148 e. The van der Waals surface area contributed by atoms with Crippen LogP contribution in [0.25, 0.3) is 0 Å². The standard InChI is InChI=1S/C10H13NO2/c1-10(6-12-7-13-10)8-3-2-4-9(11)5-8/h2-5H,6-7,11H2,1H3. The van der Waals surface area contributed by atoms with Crippen LogP contribution in [0, 0.1) is 0 Å². The molecule has 1 unspecified atom stereocenters. The van der Waals surface area contributed by atoms with Crippen LogP contribution in [0.1, 0.15) is 12.5 Å². The quantitative estimate of drug-likeness (QED) is 0.664. The van der Waals surface area contributed by atoms with E-state index in [1.807, 2.05) is 31.2 Å². The van der Waals surface area contributed by atoms with Gasteiger partial charge in [-0.2, -0.15) is 0 Å². The Kier molecular flexibility index (Phi) is 1.98. The second-order valence-electron chi connectivity index (χ2n) is 3.47. The average Bonchev–Trinajstić information content (AvgIpc) is 2.54. The lowest BCUT2D eigenvalue weighted by Crippen LogP contribution is -2.23. The Morgan fingerprint density at radius 1 is 1.46 bits per heavy atom. The summed E-state index contributed by atoms with van der Waals surface area (Å²) in [6.45, 7) is 2.97.